The van der Waals surface area contributed by atoms with E-state index in [1.807, 2.05) is 48.5 Å². The van der Waals surface area contributed by atoms with Crippen molar-refractivity contribution < 1.29 is 14.3 Å². The summed E-state index contributed by atoms with van der Waals surface area (Å²) in [6.45, 7) is 0.752. The van der Waals surface area contributed by atoms with Crippen LogP contribution < -0.4 is 15.0 Å². The number of anilines is 2. The Balaban J connectivity index is 1.37. The van der Waals surface area contributed by atoms with Crippen LogP contribution in [0.4, 0.5) is 11.4 Å². The minimum absolute atomic E-state index is 0.0539. The normalized spacial score (nSPS) is 15.8. The highest BCUT2D eigenvalue weighted by Crippen LogP contribution is 2.28. The minimum atomic E-state index is -0.406. The average Bonchev–Trinajstić information content (AvgIpc) is 3.15. The number of amides is 2. The first-order valence-corrected chi connectivity index (χ1v) is 10.4. The molecule has 6 nitrogen and oxygen atoms in total. The zero-order valence-electron chi connectivity index (χ0n) is 16.1. The molecule has 2 heterocycles. The van der Waals surface area contributed by atoms with Gasteiger partial charge in [-0.25, -0.2) is 0 Å². The van der Waals surface area contributed by atoms with Crippen LogP contribution in [0.1, 0.15) is 12.0 Å². The molecule has 1 fully saturated rings. The monoisotopic (exact) mass is 465 g/mol. The van der Waals surface area contributed by atoms with Crippen LogP contribution in [0.15, 0.2) is 77.5 Å². The zero-order chi connectivity index (χ0) is 20.9. The third-order valence-electron chi connectivity index (χ3n) is 4.85. The van der Waals surface area contributed by atoms with Gasteiger partial charge < -0.3 is 15.0 Å². The van der Waals surface area contributed by atoms with Gasteiger partial charge in [0.1, 0.15) is 12.4 Å². The van der Waals surface area contributed by atoms with E-state index in [-0.39, 0.29) is 18.2 Å². The lowest BCUT2D eigenvalue weighted by atomic mass is 10.1. The van der Waals surface area contributed by atoms with Crippen LogP contribution in [0.3, 0.4) is 0 Å². The molecule has 1 unspecified atom stereocenters. The van der Waals surface area contributed by atoms with Gasteiger partial charge in [0, 0.05) is 52.8 Å². The average molecular weight is 466 g/mol. The topological polar surface area (TPSA) is 71.5 Å². The van der Waals surface area contributed by atoms with Gasteiger partial charge >= 0.3 is 0 Å². The fourth-order valence-corrected chi connectivity index (χ4v) is 3.72. The standard InChI is InChI=1S/C23H20BrN3O3/c24-18-5-1-7-20(11-18)27-14-17(10-22(27)28)23(29)26-19-6-2-8-21(12-19)30-15-16-4-3-9-25-13-16/h1-9,11-13,17H,10,14-15H2,(H,26,29). The number of halogens is 1. The summed E-state index contributed by atoms with van der Waals surface area (Å²) in [5, 5.41) is 2.91. The van der Waals surface area contributed by atoms with Crippen molar-refractivity contribution in [3.05, 3.63) is 83.1 Å². The van der Waals surface area contributed by atoms with Gasteiger partial charge in [0.05, 0.1) is 5.92 Å². The molecule has 2 amide bonds. The number of carbonyl (C=O) groups excluding carboxylic acids is 2. The van der Waals surface area contributed by atoms with Crippen molar-refractivity contribution in [1.29, 1.82) is 0 Å². The van der Waals surface area contributed by atoms with Crippen LogP contribution in [-0.4, -0.2) is 23.3 Å². The van der Waals surface area contributed by atoms with E-state index in [0.29, 0.717) is 24.6 Å². The quantitative estimate of drug-likeness (QED) is 0.584. The molecule has 3 aromatic rings. The SMILES string of the molecule is O=C(Nc1cccc(OCc2cccnc2)c1)C1CC(=O)N(c2cccc(Br)c2)C1. The summed E-state index contributed by atoms with van der Waals surface area (Å²) in [6.07, 6.45) is 3.65. The lowest BCUT2D eigenvalue weighted by molar-refractivity contribution is -0.122. The molecule has 0 aliphatic carbocycles. The number of ether oxygens (including phenoxy) is 1. The molecule has 1 atom stereocenters. The molecule has 1 aromatic heterocycles. The first-order valence-electron chi connectivity index (χ1n) is 9.57. The summed E-state index contributed by atoms with van der Waals surface area (Å²) >= 11 is 3.42. The Bertz CT molecular complexity index is 1060. The molecule has 1 saturated heterocycles. The molecule has 0 spiro atoms. The van der Waals surface area contributed by atoms with Crippen molar-refractivity contribution in [2.24, 2.45) is 5.92 Å². The molecule has 0 saturated carbocycles. The molecule has 0 radical (unpaired) electrons. The maximum absolute atomic E-state index is 12.7. The van der Waals surface area contributed by atoms with E-state index in [9.17, 15) is 9.59 Å². The van der Waals surface area contributed by atoms with E-state index in [1.165, 1.54) is 0 Å². The summed E-state index contributed by atoms with van der Waals surface area (Å²) in [5.74, 6) is 0.0124. The van der Waals surface area contributed by atoms with E-state index in [2.05, 4.69) is 26.2 Å². The maximum atomic E-state index is 12.7. The van der Waals surface area contributed by atoms with E-state index in [1.54, 1.807) is 29.4 Å². The van der Waals surface area contributed by atoms with Gasteiger partial charge in [0.2, 0.25) is 11.8 Å². The van der Waals surface area contributed by atoms with Crippen molar-refractivity contribution in [3.63, 3.8) is 0 Å². The van der Waals surface area contributed by atoms with Crippen molar-refractivity contribution in [2.45, 2.75) is 13.0 Å². The molecule has 7 heteroatoms. The number of rotatable bonds is 6. The number of nitrogens with zero attached hydrogens (tertiary/aromatic N) is 2. The van der Waals surface area contributed by atoms with Crippen molar-refractivity contribution in [1.82, 2.24) is 4.98 Å². The molecule has 1 aliphatic heterocycles. The van der Waals surface area contributed by atoms with Gasteiger partial charge in [-0.1, -0.05) is 34.1 Å². The van der Waals surface area contributed by atoms with E-state index >= 15 is 0 Å². The molecule has 152 valence electrons. The Morgan fingerprint density at radius 3 is 2.83 bits per heavy atom. The van der Waals surface area contributed by atoms with Gasteiger partial charge in [-0.3, -0.25) is 14.6 Å². The molecule has 4 rings (SSSR count). The third kappa shape index (κ3) is 4.86. The summed E-state index contributed by atoms with van der Waals surface area (Å²) < 4.78 is 6.68. The molecule has 30 heavy (non-hydrogen) atoms. The number of nitrogens with one attached hydrogen (secondary N) is 1. The van der Waals surface area contributed by atoms with Gasteiger partial charge in [-0.15, -0.1) is 0 Å². The first kappa shape index (κ1) is 20.1. The van der Waals surface area contributed by atoms with Crippen LogP contribution in [0.2, 0.25) is 0 Å². The second-order valence-corrected chi connectivity index (χ2v) is 7.97. The number of pyridine rings is 1. The fraction of sp³-hybridized carbons (Fsp3) is 0.174. The Kier molecular flexibility index (Phi) is 6.09. The molecule has 2 aromatic carbocycles. The largest absolute Gasteiger partial charge is 0.489 e. The predicted molar refractivity (Wildman–Crippen MR) is 118 cm³/mol. The summed E-state index contributed by atoms with van der Waals surface area (Å²) in [4.78, 5) is 30.9. The summed E-state index contributed by atoms with van der Waals surface area (Å²) in [5.41, 5.74) is 2.39. The van der Waals surface area contributed by atoms with Crippen molar-refractivity contribution >= 4 is 39.1 Å². The van der Waals surface area contributed by atoms with Crippen molar-refractivity contribution in [3.8, 4) is 5.75 Å². The minimum Gasteiger partial charge on any atom is -0.489 e. The van der Waals surface area contributed by atoms with E-state index in [0.717, 1.165) is 15.7 Å². The smallest absolute Gasteiger partial charge is 0.229 e. The van der Waals surface area contributed by atoms with Crippen LogP contribution in [0.25, 0.3) is 0 Å². The molecular weight excluding hydrogens is 446 g/mol. The molecule has 0 bridgehead atoms. The Hall–Kier alpha value is -3.19. The van der Waals surface area contributed by atoms with Gasteiger partial charge in [0.15, 0.2) is 0 Å². The summed E-state index contributed by atoms with van der Waals surface area (Å²) in [6, 6.07) is 18.5. The van der Waals surface area contributed by atoms with Gasteiger partial charge in [-0.2, -0.15) is 0 Å². The Labute approximate surface area is 183 Å². The van der Waals surface area contributed by atoms with Crippen LogP contribution in [-0.2, 0) is 16.2 Å². The molecule has 1 N–H and O–H groups in total. The molecular formula is C23H20BrN3O3. The number of benzene rings is 2. The second-order valence-electron chi connectivity index (χ2n) is 7.05. The van der Waals surface area contributed by atoms with Crippen LogP contribution in [0.5, 0.6) is 5.75 Å². The van der Waals surface area contributed by atoms with Gasteiger partial charge in [-0.05, 0) is 36.4 Å². The molecule has 1 aliphatic rings. The van der Waals surface area contributed by atoms with Crippen LogP contribution in [0, 0.1) is 5.92 Å². The summed E-state index contributed by atoms with van der Waals surface area (Å²) in [7, 11) is 0. The fourth-order valence-electron chi connectivity index (χ4n) is 3.33. The lowest BCUT2D eigenvalue weighted by Gasteiger charge is -2.17. The second kappa shape index (κ2) is 9.09. The highest BCUT2D eigenvalue weighted by Gasteiger charge is 2.35. The number of aromatic nitrogens is 1. The zero-order valence-corrected chi connectivity index (χ0v) is 17.7. The number of hydrogen-bond acceptors (Lipinski definition) is 4. The van der Waals surface area contributed by atoms with E-state index in [4.69, 9.17) is 4.74 Å². The number of carbonyl (C=O) groups is 2. The highest BCUT2D eigenvalue weighted by molar-refractivity contribution is 9.10. The Morgan fingerprint density at radius 1 is 1.17 bits per heavy atom. The Morgan fingerprint density at radius 2 is 2.03 bits per heavy atom. The van der Waals surface area contributed by atoms with Crippen molar-refractivity contribution in [2.75, 3.05) is 16.8 Å². The highest BCUT2D eigenvalue weighted by atomic mass is 79.9. The number of hydrogen-bond donors (Lipinski definition) is 1. The first-order chi connectivity index (χ1) is 14.6. The third-order valence-corrected chi connectivity index (χ3v) is 5.34. The lowest BCUT2D eigenvalue weighted by Crippen LogP contribution is -2.28. The van der Waals surface area contributed by atoms with Crippen LogP contribution >= 0.6 is 15.9 Å². The van der Waals surface area contributed by atoms with Gasteiger partial charge in [0.25, 0.3) is 0 Å². The van der Waals surface area contributed by atoms with E-state index < -0.39 is 5.92 Å². The predicted octanol–water partition coefficient (Wildman–Crippen LogP) is 4.41. The maximum Gasteiger partial charge on any atom is 0.229 e.